The number of hydrogen-bond acceptors (Lipinski definition) is 29. The first-order valence-electron chi connectivity index (χ1n) is 34.7. The fourth-order valence-electron chi connectivity index (χ4n) is 13.3. The molecule has 0 aliphatic carbocycles. The Morgan fingerprint density at radius 3 is 1.86 bits per heavy atom. The molecule has 0 saturated carbocycles. The summed E-state index contributed by atoms with van der Waals surface area (Å²) < 4.78 is 67.6. The SMILES string of the molecule is CNC(CC(C)C)C(=O)NC1C(=O)NC(CC(N)=O)C(=O)NC2C(=O)NC3C(=O)NC(C(=O)N[C@@H](C(=O)OCC(=O)NC(P(=O)(O)O)P(=O)(O)O)c4cc(O)cc(O)c4-c4cc3ccc4O)[C@H](O)c3ccc(c(Cl)c3)Oc3cc2cc(c3OC2OC(CO)C(O)C(O)C2OC2C[C@](C)(N)C(O)C(C)O2)Oc2ccc(cc2Cl)[C@@H]1O. The summed E-state index contributed by atoms with van der Waals surface area (Å²) in [5, 5.41) is 122. The van der Waals surface area contributed by atoms with Gasteiger partial charge in [-0.2, -0.15) is 0 Å². The van der Waals surface area contributed by atoms with Gasteiger partial charge in [-0.3, -0.25) is 47.5 Å². The number of halogens is 2. The van der Waals surface area contributed by atoms with E-state index in [0.29, 0.717) is 12.1 Å². The molecule has 14 unspecified atom stereocenters. The van der Waals surface area contributed by atoms with Gasteiger partial charge in [0.1, 0.15) is 89.5 Å². The number of rotatable bonds is 18. The molecule has 618 valence electrons. The summed E-state index contributed by atoms with van der Waals surface area (Å²) in [4.78, 5) is 171. The van der Waals surface area contributed by atoms with Crippen LogP contribution in [-0.4, -0.2) is 223 Å². The molecular formula is C69H82Cl2N10O31P2. The van der Waals surface area contributed by atoms with E-state index in [0.717, 1.165) is 60.7 Å². The van der Waals surface area contributed by atoms with Crippen LogP contribution in [-0.2, 0) is 71.2 Å². The lowest BCUT2D eigenvalue weighted by Crippen LogP contribution is -2.64. The number of benzene rings is 5. The van der Waals surface area contributed by atoms with Crippen LogP contribution in [0.1, 0.15) is 105 Å². The summed E-state index contributed by atoms with van der Waals surface area (Å²) >= 11 is 14.2. The Balaban J connectivity index is 1.21. The number of aromatic hydroxyl groups is 3. The standard InChI is InChI=1S/C69H82Cl2N10O31P2/c1-24(2)12-35(74-5)60(93)80-51-53(88)27-7-10-39(33(70)14-27)108-41-16-29-17-42(57(41)112-67-58(56(91)55(90)43(22-82)110-67)111-46-21-69(4,73)59(92)25(3)107-46)109-40-11-8-28(15-34(40)71)54(89)52-65(98)79-50(66(99)106-23-45(87)76-68(113(100,101)102)114(103,104)105)32-18-30(83)19-38(85)47(32)31-13-26(6-9-37(31)84)48(62(95)81-52)78-63(96)49(29)77-61(94)36(20-44(72)86)75-64(51)97/h6-11,13-19,24-25,35-36,43,46,48-56,58-59,67-68,74,82-85,88-92H,12,20-23,73H2,1-5H3,(H2,72,86)(H,75,97)(H,76,87)(H,77,94)(H,78,96)(H,79,98)(H,80,93)(H,81,95)(H2,100,101,102)(H2,103,104,105)/t25?,35?,36?,43?,46?,48?,49?,50-,51?,52?,53+,54-,55?,56?,58?,59?,67?,69+/m1/s1. The summed E-state index contributed by atoms with van der Waals surface area (Å²) in [6.45, 7) is 3.82. The summed E-state index contributed by atoms with van der Waals surface area (Å²) in [7, 11) is -10.3. The Labute approximate surface area is 655 Å². The summed E-state index contributed by atoms with van der Waals surface area (Å²) in [5.41, 5.74) is 3.78. The summed E-state index contributed by atoms with van der Waals surface area (Å²) in [6.07, 6.45) is -19.4. The van der Waals surface area contributed by atoms with Gasteiger partial charge in [0.05, 0.1) is 41.3 Å². The first-order valence-corrected chi connectivity index (χ1v) is 38.8. The number of aliphatic hydroxyl groups excluding tert-OH is 6. The van der Waals surface area contributed by atoms with Crippen molar-refractivity contribution in [1.29, 1.82) is 0 Å². The molecule has 114 heavy (non-hydrogen) atoms. The topological polar surface area (TPSA) is 664 Å². The van der Waals surface area contributed by atoms with E-state index < -0.39 is 292 Å². The number of phenolic OH excluding ortho intramolecular Hbond substituents is 3. The van der Waals surface area contributed by atoms with Gasteiger partial charge in [-0.1, -0.05) is 55.2 Å². The Morgan fingerprint density at radius 2 is 1.29 bits per heavy atom. The van der Waals surface area contributed by atoms with E-state index in [2.05, 4.69) is 37.2 Å². The Kier molecular flexibility index (Phi) is 26.7. The smallest absolute Gasteiger partial charge is 0.360 e. The Bertz CT molecular complexity index is 4670. The molecule has 18 atom stereocenters. The quantitative estimate of drug-likeness (QED) is 0.0344. The third kappa shape index (κ3) is 19.4. The average molecular weight is 1680 g/mol. The van der Waals surface area contributed by atoms with Crippen LogP contribution in [0.3, 0.4) is 0 Å². The molecule has 5 aromatic carbocycles. The van der Waals surface area contributed by atoms with Gasteiger partial charge in [-0.25, -0.2) is 4.79 Å². The molecule has 7 aliphatic rings. The van der Waals surface area contributed by atoms with Crippen LogP contribution in [0.15, 0.2) is 78.9 Å². The predicted molar refractivity (Wildman–Crippen MR) is 389 cm³/mol. The molecule has 11 bridgehead atoms. The van der Waals surface area contributed by atoms with E-state index in [4.69, 9.17) is 67.8 Å². The van der Waals surface area contributed by atoms with Crippen molar-refractivity contribution in [3.8, 4) is 57.1 Å². The minimum atomic E-state index is -5.88. The maximum absolute atomic E-state index is 16.2. The molecule has 45 heteroatoms. The molecule has 7 heterocycles. The van der Waals surface area contributed by atoms with Gasteiger partial charge in [0.2, 0.25) is 58.9 Å². The van der Waals surface area contributed by atoms with Crippen LogP contribution >= 0.6 is 38.4 Å². The van der Waals surface area contributed by atoms with Crippen molar-refractivity contribution in [3.05, 3.63) is 117 Å². The second-order valence-corrected chi connectivity index (χ2v) is 32.7. The highest BCUT2D eigenvalue weighted by Gasteiger charge is 2.52. The number of esters is 1. The number of amides is 8. The minimum Gasteiger partial charge on any atom is -0.508 e. The largest absolute Gasteiger partial charge is 0.508 e. The number of carbonyl (C=O) groups excluding carboxylic acids is 9. The molecule has 0 radical (unpaired) electrons. The van der Waals surface area contributed by atoms with Crippen molar-refractivity contribution in [2.45, 2.75) is 162 Å². The van der Waals surface area contributed by atoms with Crippen LogP contribution in [0.4, 0.5) is 0 Å². The summed E-state index contributed by atoms with van der Waals surface area (Å²) in [5.74, 6) is -19.4. The number of likely N-dealkylation sites (N-methyl/N-ethyl adjacent to an activating group) is 1. The molecule has 2 fully saturated rings. The van der Waals surface area contributed by atoms with Gasteiger partial charge in [-0.05, 0) is 110 Å². The molecule has 2 saturated heterocycles. The fraction of sp³-hybridized carbons (Fsp3) is 0.435. The first kappa shape index (κ1) is 87.0. The van der Waals surface area contributed by atoms with Crippen molar-refractivity contribution in [3.63, 3.8) is 0 Å². The third-order valence-electron chi connectivity index (χ3n) is 19.0. The number of hydrogen-bond donors (Lipinski definition) is 23. The van der Waals surface area contributed by atoms with E-state index in [9.17, 15) is 98.6 Å². The van der Waals surface area contributed by atoms with E-state index in [1.165, 1.54) is 32.3 Å². The van der Waals surface area contributed by atoms with Gasteiger partial charge < -0.3 is 153 Å². The van der Waals surface area contributed by atoms with Crippen LogP contribution in [0.2, 0.25) is 10.0 Å². The fourth-order valence-corrected chi connectivity index (χ4v) is 15.9. The number of ether oxygens (including phenoxy) is 7. The highest BCUT2D eigenvalue weighted by Crippen LogP contribution is 2.58. The molecular weight excluding hydrogens is 1600 g/mol. The van der Waals surface area contributed by atoms with Crippen molar-refractivity contribution in [1.82, 2.24) is 42.5 Å². The number of primary amides is 1. The lowest BCUT2D eigenvalue weighted by molar-refractivity contribution is -0.333. The number of aliphatic hydroxyl groups is 6. The van der Waals surface area contributed by atoms with Gasteiger partial charge in [0.15, 0.2) is 36.5 Å². The molecule has 5 aromatic rings. The highest BCUT2D eigenvalue weighted by atomic mass is 35.5. The van der Waals surface area contributed by atoms with Gasteiger partial charge in [-0.15, -0.1) is 0 Å². The second-order valence-electron chi connectivity index (χ2n) is 28.1. The highest BCUT2D eigenvalue weighted by molar-refractivity contribution is 7.70. The number of nitrogens with one attached hydrogen (secondary N) is 8. The monoisotopic (exact) mass is 1680 g/mol. The number of carbonyl (C=O) groups is 9. The third-order valence-corrected chi connectivity index (χ3v) is 23.0. The van der Waals surface area contributed by atoms with Crippen LogP contribution in [0, 0.1) is 5.92 Å². The van der Waals surface area contributed by atoms with Crippen LogP contribution in [0.5, 0.6) is 46.0 Å². The van der Waals surface area contributed by atoms with Crippen molar-refractivity contribution in [2.75, 3.05) is 20.3 Å². The summed E-state index contributed by atoms with van der Waals surface area (Å²) in [6, 6.07) is -2.76. The van der Waals surface area contributed by atoms with Crippen LogP contribution in [0.25, 0.3) is 11.1 Å². The van der Waals surface area contributed by atoms with E-state index in [-0.39, 0.29) is 24.3 Å². The zero-order valence-corrected chi connectivity index (χ0v) is 63.8. The van der Waals surface area contributed by atoms with E-state index in [1.54, 1.807) is 13.8 Å². The molecule has 0 aromatic heterocycles. The Morgan fingerprint density at radius 1 is 0.702 bits per heavy atom. The van der Waals surface area contributed by atoms with Gasteiger partial charge >= 0.3 is 21.2 Å². The zero-order chi connectivity index (χ0) is 83.8. The average Bonchev–Trinajstić information content (AvgIpc) is 0.766. The van der Waals surface area contributed by atoms with E-state index in [1.807, 2.05) is 0 Å². The minimum absolute atomic E-state index is 0.138. The second kappa shape index (κ2) is 34.9. The number of fused-ring (bicyclic) bond motifs is 15. The van der Waals surface area contributed by atoms with Crippen molar-refractivity contribution >= 4 is 91.6 Å². The molecule has 8 amide bonds. The lowest BCUT2D eigenvalue weighted by Gasteiger charge is -2.47. The maximum atomic E-state index is 16.2. The van der Waals surface area contributed by atoms with Crippen molar-refractivity contribution < 1.29 is 151 Å². The van der Waals surface area contributed by atoms with Crippen LogP contribution < -0.4 is 68.2 Å². The molecule has 25 N–H and O–H groups in total. The van der Waals surface area contributed by atoms with Gasteiger partial charge in [0, 0.05) is 34.7 Å². The number of phenols is 3. The zero-order valence-electron chi connectivity index (χ0n) is 60.5. The van der Waals surface area contributed by atoms with Gasteiger partial charge in [0.25, 0.3) is 5.91 Å². The molecule has 0 spiro atoms. The maximum Gasteiger partial charge on any atom is 0.360 e. The van der Waals surface area contributed by atoms with Crippen molar-refractivity contribution in [2.24, 2.45) is 17.4 Å². The predicted octanol–water partition coefficient (Wildman–Crippen LogP) is -1.68. The lowest BCUT2D eigenvalue weighted by atomic mass is 9.86. The molecule has 41 nitrogen and oxygen atoms in total. The number of nitrogens with two attached hydrogens (primary N) is 2. The van der Waals surface area contributed by atoms with E-state index >= 15 is 19.2 Å². The first-order chi connectivity index (χ1) is 53.4. The Hall–Kier alpha value is -9.43. The molecule has 12 rings (SSSR count). The molecule has 7 aliphatic heterocycles. The normalized spacial score (nSPS) is 27.7.